The lowest BCUT2D eigenvalue weighted by atomic mass is 9.93. The zero-order valence-corrected chi connectivity index (χ0v) is 22.4. The van der Waals surface area contributed by atoms with Crippen LogP contribution in [0.1, 0.15) is 30.1 Å². The Morgan fingerprint density at radius 1 is 1.08 bits per heavy atom. The molecule has 0 atom stereocenters. The topological polar surface area (TPSA) is 158 Å². The summed E-state index contributed by atoms with van der Waals surface area (Å²) in [6.07, 6.45) is 4.87. The fourth-order valence-corrected chi connectivity index (χ4v) is 5.60. The van der Waals surface area contributed by atoms with Crippen LogP contribution in [0.2, 0.25) is 0 Å². The third-order valence-electron chi connectivity index (χ3n) is 7.14. The number of fused-ring (bicyclic) bond motifs is 1. The molecule has 1 aromatic carbocycles. The average molecular weight is 589 g/mol. The van der Waals surface area contributed by atoms with Gasteiger partial charge in [-0.3, -0.25) is 14.8 Å². The monoisotopic (exact) mass is 588 g/mol. The predicted molar refractivity (Wildman–Crippen MR) is 149 cm³/mol. The highest BCUT2D eigenvalue weighted by atomic mass is 79.9. The van der Waals surface area contributed by atoms with Gasteiger partial charge in [-0.05, 0) is 34.8 Å². The van der Waals surface area contributed by atoms with E-state index in [1.54, 1.807) is 15.6 Å². The van der Waals surface area contributed by atoms with Crippen molar-refractivity contribution in [3.05, 3.63) is 81.2 Å². The maximum absolute atomic E-state index is 12.8. The lowest BCUT2D eigenvalue weighted by Gasteiger charge is -2.32. The number of halogens is 1. The molecule has 4 aromatic heterocycles. The fraction of sp³-hybridized carbons (Fsp3) is 0.222. The molecule has 5 aromatic rings. The van der Waals surface area contributed by atoms with Crippen molar-refractivity contribution in [2.24, 2.45) is 0 Å². The summed E-state index contributed by atoms with van der Waals surface area (Å²) in [6, 6.07) is 14.0. The number of H-pyrrole nitrogens is 2. The maximum Gasteiger partial charge on any atom is 0.325 e. The summed E-state index contributed by atoms with van der Waals surface area (Å²) in [4.78, 5) is 40.2. The number of anilines is 1. The first-order valence-electron chi connectivity index (χ1n) is 12.5. The largest absolute Gasteiger partial charge is 0.493 e. The van der Waals surface area contributed by atoms with E-state index in [4.69, 9.17) is 10.7 Å². The Bertz CT molecular complexity index is 1720. The number of hydrogen-bond acceptors (Lipinski definition) is 7. The van der Waals surface area contributed by atoms with E-state index in [0.717, 1.165) is 28.1 Å². The molecule has 12 heteroatoms. The molecule has 1 saturated heterocycles. The van der Waals surface area contributed by atoms with E-state index in [1.807, 2.05) is 48.7 Å². The number of aromatic amines is 2. The average Bonchev–Trinajstić information content (AvgIpc) is 3.53. The third-order valence-corrected chi connectivity index (χ3v) is 7.95. The summed E-state index contributed by atoms with van der Waals surface area (Å²) in [5.41, 5.74) is 11.2. The second-order valence-corrected chi connectivity index (χ2v) is 10.3. The van der Waals surface area contributed by atoms with E-state index in [2.05, 4.69) is 36.0 Å². The molecule has 0 saturated carbocycles. The number of nitrogens with zero attached hydrogens (tertiary/aromatic N) is 5. The van der Waals surface area contributed by atoms with Crippen molar-refractivity contribution in [3.63, 3.8) is 0 Å². The molecule has 5 heterocycles. The summed E-state index contributed by atoms with van der Waals surface area (Å²) in [5, 5.41) is 14.2. The molecule has 1 fully saturated rings. The highest BCUT2D eigenvalue weighted by Gasteiger charge is 2.29. The number of carbonyl (C=O) groups excluding carboxylic acids is 1. The first-order valence-corrected chi connectivity index (χ1v) is 13.3. The van der Waals surface area contributed by atoms with Crippen LogP contribution in [0.4, 0.5) is 5.82 Å². The smallest absolute Gasteiger partial charge is 0.325 e. The quantitative estimate of drug-likeness (QED) is 0.244. The number of piperidine rings is 1. The Labute approximate surface area is 230 Å². The number of aromatic hydroxyl groups is 1. The van der Waals surface area contributed by atoms with Gasteiger partial charge >= 0.3 is 5.69 Å². The van der Waals surface area contributed by atoms with Gasteiger partial charge in [0, 0.05) is 41.9 Å². The maximum atomic E-state index is 12.8. The van der Waals surface area contributed by atoms with Crippen LogP contribution in [0.15, 0.2) is 64.1 Å². The Kier molecular flexibility index (Phi) is 6.39. The molecule has 11 nitrogen and oxygen atoms in total. The first kappa shape index (κ1) is 24.9. The highest BCUT2D eigenvalue weighted by molar-refractivity contribution is 9.10. The Balaban J connectivity index is 1.23. The van der Waals surface area contributed by atoms with Crippen molar-refractivity contribution in [2.45, 2.75) is 25.2 Å². The Hall–Kier alpha value is -4.45. The zero-order valence-electron chi connectivity index (χ0n) is 20.8. The van der Waals surface area contributed by atoms with E-state index < -0.39 is 5.69 Å². The summed E-state index contributed by atoms with van der Waals surface area (Å²) in [7, 11) is 0. The second kappa shape index (κ2) is 10.0. The molecule has 1 aliphatic heterocycles. The van der Waals surface area contributed by atoms with Gasteiger partial charge in [-0.25, -0.2) is 9.78 Å². The molecule has 39 heavy (non-hydrogen) atoms. The number of aromatic nitrogens is 6. The number of pyridine rings is 1. The summed E-state index contributed by atoms with van der Waals surface area (Å²) in [6.45, 7) is 1.05. The van der Waals surface area contributed by atoms with Crippen LogP contribution in [0.5, 0.6) is 5.88 Å². The van der Waals surface area contributed by atoms with Gasteiger partial charge in [0.15, 0.2) is 5.65 Å². The predicted octanol–water partition coefficient (Wildman–Crippen LogP) is 3.47. The molecule has 6 rings (SSSR count). The van der Waals surface area contributed by atoms with Crippen molar-refractivity contribution < 1.29 is 9.90 Å². The number of benzene rings is 1. The highest BCUT2D eigenvalue weighted by Crippen LogP contribution is 2.37. The number of likely N-dealkylation sites (tertiary alicyclic amines) is 1. The SMILES string of the molecule is Nc1c(Br)c(C2CCN(C(=O)Cc3[nH]c(=O)[nH]c3O)CC2)nc2c(-c3ccc(-c4ccccc4)nc3)cnn12. The lowest BCUT2D eigenvalue weighted by Crippen LogP contribution is -2.39. The number of hydrogen-bond donors (Lipinski definition) is 4. The number of nitrogens with one attached hydrogen (secondary N) is 2. The van der Waals surface area contributed by atoms with E-state index in [9.17, 15) is 14.7 Å². The minimum atomic E-state index is -0.542. The number of amides is 1. The van der Waals surface area contributed by atoms with E-state index in [0.29, 0.717) is 41.9 Å². The summed E-state index contributed by atoms with van der Waals surface area (Å²) in [5.74, 6) is 0.0743. The van der Waals surface area contributed by atoms with Crippen molar-refractivity contribution >= 4 is 33.3 Å². The van der Waals surface area contributed by atoms with Gasteiger partial charge in [-0.2, -0.15) is 9.61 Å². The molecule has 0 spiro atoms. The number of carbonyl (C=O) groups is 1. The van der Waals surface area contributed by atoms with Crippen molar-refractivity contribution in [2.75, 3.05) is 18.8 Å². The van der Waals surface area contributed by atoms with Crippen molar-refractivity contribution in [1.29, 1.82) is 0 Å². The van der Waals surface area contributed by atoms with Gasteiger partial charge in [-0.1, -0.05) is 36.4 Å². The first-order chi connectivity index (χ1) is 18.9. The van der Waals surface area contributed by atoms with E-state index in [-0.39, 0.29) is 29.8 Å². The number of nitrogens with two attached hydrogens (primary N) is 1. The van der Waals surface area contributed by atoms with Gasteiger partial charge in [-0.15, -0.1) is 0 Å². The number of nitrogen functional groups attached to an aromatic ring is 1. The minimum Gasteiger partial charge on any atom is -0.493 e. The van der Waals surface area contributed by atoms with Crippen molar-refractivity contribution in [1.82, 2.24) is 34.4 Å². The molecule has 198 valence electrons. The fourth-order valence-electron chi connectivity index (χ4n) is 5.02. The van der Waals surface area contributed by atoms with E-state index in [1.165, 1.54) is 0 Å². The zero-order chi connectivity index (χ0) is 27.1. The third kappa shape index (κ3) is 4.67. The molecule has 1 aliphatic rings. The molecule has 0 bridgehead atoms. The number of imidazole rings is 1. The van der Waals surface area contributed by atoms with Crippen LogP contribution in [0.25, 0.3) is 28.0 Å². The molecule has 0 aliphatic carbocycles. The second-order valence-electron chi connectivity index (χ2n) is 9.53. The van der Waals surface area contributed by atoms with Crippen LogP contribution in [-0.2, 0) is 11.2 Å². The van der Waals surface area contributed by atoms with Gasteiger partial charge < -0.3 is 20.7 Å². The molecule has 5 N–H and O–H groups in total. The summed E-state index contributed by atoms with van der Waals surface area (Å²) >= 11 is 3.63. The van der Waals surface area contributed by atoms with Crippen LogP contribution in [-0.4, -0.2) is 58.6 Å². The van der Waals surface area contributed by atoms with Gasteiger partial charge in [0.1, 0.15) is 5.82 Å². The van der Waals surface area contributed by atoms with Crippen LogP contribution in [0.3, 0.4) is 0 Å². The van der Waals surface area contributed by atoms with Gasteiger partial charge in [0.05, 0.1) is 34.2 Å². The minimum absolute atomic E-state index is 0.0770. The van der Waals surface area contributed by atoms with Crippen LogP contribution in [0, 0.1) is 0 Å². The lowest BCUT2D eigenvalue weighted by molar-refractivity contribution is -0.131. The normalized spacial score (nSPS) is 14.2. The standard InChI is InChI=1S/C27H25BrN8O3/c28-22-23(16-8-10-35(11-9-16)21(37)12-20-26(38)34-27(39)32-20)33-25-18(14-31-36(25)24(22)29)17-6-7-19(30-13-17)15-4-2-1-3-5-15/h1-7,13-14,16,38H,8-12,29H2,(H2,32,34,39). The van der Waals surface area contributed by atoms with Crippen LogP contribution >= 0.6 is 15.9 Å². The Morgan fingerprint density at radius 2 is 1.85 bits per heavy atom. The van der Waals surface area contributed by atoms with Crippen LogP contribution < -0.4 is 11.4 Å². The molecule has 1 amide bonds. The van der Waals surface area contributed by atoms with Gasteiger partial charge in [0.25, 0.3) is 0 Å². The molecular formula is C27H25BrN8O3. The molecule has 0 radical (unpaired) electrons. The van der Waals surface area contributed by atoms with Gasteiger partial charge in [0.2, 0.25) is 11.8 Å². The Morgan fingerprint density at radius 3 is 2.51 bits per heavy atom. The molecular weight excluding hydrogens is 564 g/mol. The molecule has 0 unspecified atom stereocenters. The van der Waals surface area contributed by atoms with E-state index >= 15 is 0 Å². The summed E-state index contributed by atoms with van der Waals surface area (Å²) < 4.78 is 2.32. The van der Waals surface area contributed by atoms with Crippen molar-refractivity contribution in [3.8, 4) is 28.3 Å². The number of rotatable bonds is 5.